The highest BCUT2D eigenvalue weighted by Gasteiger charge is 2.53. The predicted octanol–water partition coefficient (Wildman–Crippen LogP) is 4.42. The first-order valence-corrected chi connectivity index (χ1v) is 11.2. The van der Waals surface area contributed by atoms with E-state index in [1.165, 1.54) is 55.3 Å². The maximum Gasteiger partial charge on any atom is 0.231 e. The average Bonchev–Trinajstić information content (AvgIpc) is 3.21. The Morgan fingerprint density at radius 2 is 1.97 bits per heavy atom. The number of piperidine rings is 1. The zero-order valence-corrected chi connectivity index (χ0v) is 16.9. The van der Waals surface area contributed by atoms with Gasteiger partial charge in [-0.3, -0.25) is 4.90 Å². The summed E-state index contributed by atoms with van der Waals surface area (Å²) in [5, 5.41) is 10.2. The molecular formula is C25H29NO3. The SMILES string of the molecule is Oc1ccc2c(c1)[C@]13CCCC[C@H]1[C@@H](C2)N(CCc1ccc2c(c1)OCO2)CC3. The van der Waals surface area contributed by atoms with Crippen LogP contribution in [0, 0.1) is 5.92 Å². The fraction of sp³-hybridized carbons (Fsp3) is 0.520. The predicted molar refractivity (Wildman–Crippen MR) is 112 cm³/mol. The van der Waals surface area contributed by atoms with Crippen molar-refractivity contribution >= 4 is 0 Å². The second-order valence-electron chi connectivity index (χ2n) is 9.34. The molecule has 2 fully saturated rings. The molecule has 2 heterocycles. The minimum absolute atomic E-state index is 0.296. The van der Waals surface area contributed by atoms with Crippen LogP contribution in [-0.2, 0) is 18.3 Å². The summed E-state index contributed by atoms with van der Waals surface area (Å²) in [4.78, 5) is 2.76. The molecule has 152 valence electrons. The molecule has 2 aliphatic carbocycles. The molecule has 0 amide bonds. The van der Waals surface area contributed by atoms with Crippen LogP contribution >= 0.6 is 0 Å². The van der Waals surface area contributed by atoms with Crippen molar-refractivity contribution in [2.24, 2.45) is 5.92 Å². The van der Waals surface area contributed by atoms with Crippen molar-refractivity contribution in [2.75, 3.05) is 19.9 Å². The van der Waals surface area contributed by atoms with Crippen molar-refractivity contribution in [1.29, 1.82) is 0 Å². The molecule has 4 nitrogen and oxygen atoms in total. The van der Waals surface area contributed by atoms with Crippen LogP contribution in [-0.4, -0.2) is 35.9 Å². The minimum atomic E-state index is 0.296. The number of nitrogens with zero attached hydrogens (tertiary/aromatic N) is 1. The van der Waals surface area contributed by atoms with E-state index in [4.69, 9.17) is 9.47 Å². The Labute approximate surface area is 172 Å². The second kappa shape index (κ2) is 6.66. The minimum Gasteiger partial charge on any atom is -0.508 e. The standard InChI is InChI=1S/C25H29NO3/c27-19-6-5-18-14-22-20-3-1-2-9-25(20,21(18)15-19)10-12-26(22)11-8-17-4-7-23-24(13-17)29-16-28-23/h4-7,13,15,20,22,27H,1-3,8-12,14,16H2/t20-,22+,25-/m0/s1. The molecule has 2 aliphatic heterocycles. The van der Waals surface area contributed by atoms with Crippen LogP contribution in [0.2, 0.25) is 0 Å². The molecule has 3 atom stereocenters. The van der Waals surface area contributed by atoms with E-state index in [1.807, 2.05) is 12.1 Å². The molecule has 1 saturated carbocycles. The topological polar surface area (TPSA) is 41.9 Å². The van der Waals surface area contributed by atoms with Crippen molar-refractivity contribution in [2.45, 2.75) is 56.4 Å². The van der Waals surface area contributed by atoms with Crippen molar-refractivity contribution in [1.82, 2.24) is 4.90 Å². The van der Waals surface area contributed by atoms with Crippen LogP contribution < -0.4 is 9.47 Å². The number of aromatic hydroxyl groups is 1. The maximum atomic E-state index is 10.2. The fourth-order valence-corrected chi connectivity index (χ4v) is 6.72. The molecule has 1 saturated heterocycles. The Kier molecular flexibility index (Phi) is 4.05. The molecule has 0 spiro atoms. The third kappa shape index (κ3) is 2.76. The molecule has 4 aliphatic rings. The number of hydrogen-bond acceptors (Lipinski definition) is 4. The van der Waals surface area contributed by atoms with Crippen molar-refractivity contribution in [3.63, 3.8) is 0 Å². The van der Waals surface area contributed by atoms with E-state index in [0.717, 1.165) is 36.8 Å². The Morgan fingerprint density at radius 3 is 2.93 bits per heavy atom. The molecule has 29 heavy (non-hydrogen) atoms. The van der Waals surface area contributed by atoms with Gasteiger partial charge >= 0.3 is 0 Å². The zero-order valence-electron chi connectivity index (χ0n) is 16.9. The van der Waals surface area contributed by atoms with Crippen LogP contribution in [0.25, 0.3) is 0 Å². The monoisotopic (exact) mass is 391 g/mol. The molecule has 0 radical (unpaired) electrons. The quantitative estimate of drug-likeness (QED) is 0.841. The summed E-state index contributed by atoms with van der Waals surface area (Å²) in [7, 11) is 0. The van der Waals surface area contributed by atoms with Crippen molar-refractivity contribution in [3.8, 4) is 17.2 Å². The van der Waals surface area contributed by atoms with Gasteiger partial charge in [-0.25, -0.2) is 0 Å². The van der Waals surface area contributed by atoms with E-state index in [0.29, 0.717) is 24.0 Å². The molecule has 2 bridgehead atoms. The van der Waals surface area contributed by atoms with Crippen LogP contribution in [0.1, 0.15) is 48.8 Å². The first-order valence-electron chi connectivity index (χ1n) is 11.2. The number of likely N-dealkylation sites (tertiary alicyclic amines) is 1. The lowest BCUT2D eigenvalue weighted by Crippen LogP contribution is -2.61. The van der Waals surface area contributed by atoms with Crippen molar-refractivity contribution < 1.29 is 14.6 Å². The normalized spacial score (nSPS) is 29.9. The lowest BCUT2D eigenvalue weighted by Gasteiger charge is -2.59. The smallest absolute Gasteiger partial charge is 0.231 e. The van der Waals surface area contributed by atoms with Gasteiger partial charge in [0, 0.05) is 18.0 Å². The number of fused-ring (bicyclic) bond motifs is 2. The van der Waals surface area contributed by atoms with E-state index in [-0.39, 0.29) is 0 Å². The third-order valence-electron chi connectivity index (χ3n) is 8.06. The zero-order chi connectivity index (χ0) is 19.4. The molecular weight excluding hydrogens is 362 g/mol. The Morgan fingerprint density at radius 1 is 1.03 bits per heavy atom. The molecule has 0 unspecified atom stereocenters. The van der Waals surface area contributed by atoms with Gasteiger partial charge < -0.3 is 14.6 Å². The number of rotatable bonds is 3. The summed E-state index contributed by atoms with van der Waals surface area (Å²) in [6.07, 6.45) is 8.72. The molecule has 4 heteroatoms. The van der Waals surface area contributed by atoms with Crippen LogP contribution in [0.5, 0.6) is 17.2 Å². The number of phenolic OH excluding ortho intramolecular Hbond substituents is 1. The molecule has 2 aromatic rings. The lowest BCUT2D eigenvalue weighted by molar-refractivity contribution is -0.0106. The van der Waals surface area contributed by atoms with Gasteiger partial charge in [-0.05, 0) is 85.5 Å². The van der Waals surface area contributed by atoms with Crippen LogP contribution in [0.4, 0.5) is 0 Å². The average molecular weight is 392 g/mol. The van der Waals surface area contributed by atoms with E-state index < -0.39 is 0 Å². The van der Waals surface area contributed by atoms with Gasteiger partial charge in [0.25, 0.3) is 0 Å². The maximum absolute atomic E-state index is 10.2. The fourth-order valence-electron chi connectivity index (χ4n) is 6.72. The van der Waals surface area contributed by atoms with Gasteiger partial charge in [0.05, 0.1) is 0 Å². The van der Waals surface area contributed by atoms with Gasteiger partial charge in [0.1, 0.15) is 5.75 Å². The van der Waals surface area contributed by atoms with Crippen LogP contribution in [0.15, 0.2) is 36.4 Å². The first kappa shape index (κ1) is 17.6. The summed E-state index contributed by atoms with van der Waals surface area (Å²) in [6, 6.07) is 13.2. The molecule has 2 aromatic carbocycles. The highest BCUT2D eigenvalue weighted by atomic mass is 16.7. The van der Waals surface area contributed by atoms with Gasteiger partial charge in [-0.15, -0.1) is 0 Å². The number of hydrogen-bond donors (Lipinski definition) is 1. The number of benzene rings is 2. The summed E-state index contributed by atoms with van der Waals surface area (Å²) in [6.45, 7) is 2.61. The summed E-state index contributed by atoms with van der Waals surface area (Å²) < 4.78 is 11.0. The largest absolute Gasteiger partial charge is 0.508 e. The Balaban J connectivity index is 1.26. The third-order valence-corrected chi connectivity index (χ3v) is 8.06. The Hall–Kier alpha value is -2.20. The van der Waals surface area contributed by atoms with E-state index in [1.54, 1.807) is 0 Å². The van der Waals surface area contributed by atoms with Gasteiger partial charge in [-0.2, -0.15) is 0 Å². The number of ether oxygens (including phenoxy) is 2. The summed E-state index contributed by atoms with van der Waals surface area (Å²) in [5.41, 5.74) is 4.56. The lowest BCUT2D eigenvalue weighted by atomic mass is 9.52. The molecule has 1 N–H and O–H groups in total. The number of phenols is 1. The summed E-state index contributed by atoms with van der Waals surface area (Å²) in [5.74, 6) is 2.92. The molecule has 6 rings (SSSR count). The van der Waals surface area contributed by atoms with E-state index in [9.17, 15) is 5.11 Å². The Bertz CT molecular complexity index is 942. The van der Waals surface area contributed by atoms with Gasteiger partial charge in [0.15, 0.2) is 11.5 Å². The van der Waals surface area contributed by atoms with E-state index in [2.05, 4.69) is 29.2 Å². The molecule has 0 aromatic heterocycles. The highest BCUT2D eigenvalue weighted by molar-refractivity contribution is 5.46. The van der Waals surface area contributed by atoms with Gasteiger partial charge in [0.2, 0.25) is 6.79 Å². The van der Waals surface area contributed by atoms with E-state index >= 15 is 0 Å². The van der Waals surface area contributed by atoms with Crippen LogP contribution in [0.3, 0.4) is 0 Å². The first-order chi connectivity index (χ1) is 14.2. The highest BCUT2D eigenvalue weighted by Crippen LogP contribution is 2.56. The summed E-state index contributed by atoms with van der Waals surface area (Å²) >= 11 is 0. The van der Waals surface area contributed by atoms with Crippen molar-refractivity contribution in [3.05, 3.63) is 53.1 Å². The van der Waals surface area contributed by atoms with Gasteiger partial charge in [-0.1, -0.05) is 25.0 Å². The second-order valence-corrected chi connectivity index (χ2v) is 9.34.